The first kappa shape index (κ1) is 15.7. The Morgan fingerprint density at radius 3 is 1.33 bits per heavy atom. The summed E-state index contributed by atoms with van der Waals surface area (Å²) in [5.41, 5.74) is 0. The minimum Gasteiger partial charge on any atom is -0.381 e. The monoisotopic (exact) mass is 250 g/mol. The molecule has 0 aromatic rings. The lowest BCUT2D eigenvalue weighted by atomic mass is 10.2. The molecule has 3 heteroatoms. The highest BCUT2D eigenvalue weighted by molar-refractivity contribution is 7.80. The third kappa shape index (κ3) is 14.7. The van der Waals surface area contributed by atoms with E-state index in [2.05, 4.69) is 25.3 Å². The molecule has 0 saturated carbocycles. The Balaban J connectivity index is 2.81. The van der Waals surface area contributed by atoms with Gasteiger partial charge in [0.05, 0.1) is 0 Å². The average molecular weight is 250 g/mol. The molecular weight excluding hydrogens is 224 g/mol. The van der Waals surface area contributed by atoms with Crippen molar-refractivity contribution in [2.45, 2.75) is 51.4 Å². The summed E-state index contributed by atoms with van der Waals surface area (Å²) < 4.78 is 5.56. The Kier molecular flexibility index (Phi) is 15.3. The SMILES string of the molecule is SCCCCCCOCCCCCCS. The molecule has 0 atom stereocenters. The van der Waals surface area contributed by atoms with Crippen molar-refractivity contribution in [1.29, 1.82) is 0 Å². The van der Waals surface area contributed by atoms with Gasteiger partial charge in [0, 0.05) is 13.2 Å². The Morgan fingerprint density at radius 2 is 0.933 bits per heavy atom. The molecule has 0 fully saturated rings. The molecule has 0 heterocycles. The zero-order chi connectivity index (χ0) is 11.2. The highest BCUT2D eigenvalue weighted by Crippen LogP contribution is 2.03. The zero-order valence-electron chi connectivity index (χ0n) is 9.79. The Morgan fingerprint density at radius 1 is 0.533 bits per heavy atom. The fourth-order valence-electron chi connectivity index (χ4n) is 1.44. The summed E-state index contributed by atoms with van der Waals surface area (Å²) in [5.74, 6) is 2.04. The molecule has 0 N–H and O–H groups in total. The topological polar surface area (TPSA) is 9.23 Å². The Labute approximate surface area is 106 Å². The average Bonchev–Trinajstić information content (AvgIpc) is 2.26. The summed E-state index contributed by atoms with van der Waals surface area (Å²) in [5, 5.41) is 0. The van der Waals surface area contributed by atoms with E-state index in [4.69, 9.17) is 4.74 Å². The van der Waals surface area contributed by atoms with E-state index in [-0.39, 0.29) is 0 Å². The second kappa shape index (κ2) is 14.7. The molecular formula is C12H26OS2. The van der Waals surface area contributed by atoms with Gasteiger partial charge in [-0.05, 0) is 37.2 Å². The first-order valence-electron chi connectivity index (χ1n) is 6.21. The largest absolute Gasteiger partial charge is 0.381 e. The molecule has 0 saturated heterocycles. The molecule has 0 rings (SSSR count). The highest BCUT2D eigenvalue weighted by Gasteiger charge is 1.91. The molecule has 0 bridgehead atoms. The van der Waals surface area contributed by atoms with Crippen LogP contribution < -0.4 is 0 Å². The van der Waals surface area contributed by atoms with E-state index >= 15 is 0 Å². The van der Waals surface area contributed by atoms with Crippen molar-refractivity contribution < 1.29 is 4.74 Å². The highest BCUT2D eigenvalue weighted by atomic mass is 32.1. The van der Waals surface area contributed by atoms with E-state index < -0.39 is 0 Å². The van der Waals surface area contributed by atoms with Crippen LogP contribution in [0.3, 0.4) is 0 Å². The van der Waals surface area contributed by atoms with Crippen LogP contribution in [0.2, 0.25) is 0 Å². The van der Waals surface area contributed by atoms with Crippen LogP contribution in [0.1, 0.15) is 51.4 Å². The quantitative estimate of drug-likeness (QED) is 0.393. The van der Waals surface area contributed by atoms with Crippen LogP contribution in [0.25, 0.3) is 0 Å². The van der Waals surface area contributed by atoms with E-state index in [1.807, 2.05) is 0 Å². The summed E-state index contributed by atoms with van der Waals surface area (Å²) >= 11 is 8.37. The van der Waals surface area contributed by atoms with Gasteiger partial charge in [0.25, 0.3) is 0 Å². The number of rotatable bonds is 12. The maximum absolute atomic E-state index is 5.56. The molecule has 0 aromatic heterocycles. The van der Waals surface area contributed by atoms with Gasteiger partial charge in [0.1, 0.15) is 0 Å². The third-order valence-corrected chi connectivity index (χ3v) is 3.03. The Bertz CT molecular complexity index is 97.8. The Hall–Kier alpha value is 0.660. The maximum Gasteiger partial charge on any atom is 0.0466 e. The van der Waals surface area contributed by atoms with Crippen molar-refractivity contribution in [3.63, 3.8) is 0 Å². The lowest BCUT2D eigenvalue weighted by molar-refractivity contribution is 0.126. The molecule has 1 nitrogen and oxygen atoms in total. The second-order valence-electron chi connectivity index (χ2n) is 3.89. The zero-order valence-corrected chi connectivity index (χ0v) is 11.6. The summed E-state index contributed by atoms with van der Waals surface area (Å²) in [4.78, 5) is 0. The fourth-order valence-corrected chi connectivity index (χ4v) is 1.89. The van der Waals surface area contributed by atoms with Gasteiger partial charge < -0.3 is 4.74 Å². The molecule has 15 heavy (non-hydrogen) atoms. The van der Waals surface area contributed by atoms with Gasteiger partial charge >= 0.3 is 0 Å². The van der Waals surface area contributed by atoms with Crippen molar-refractivity contribution in [2.24, 2.45) is 0 Å². The van der Waals surface area contributed by atoms with Crippen molar-refractivity contribution >= 4 is 25.3 Å². The standard InChI is InChI=1S/C12H26OS2/c14-11-7-3-1-5-9-13-10-6-2-4-8-12-15/h14-15H,1-12H2. The van der Waals surface area contributed by atoms with E-state index in [9.17, 15) is 0 Å². The molecule has 0 radical (unpaired) electrons. The summed E-state index contributed by atoms with van der Waals surface area (Å²) in [6.45, 7) is 1.89. The number of hydrogen-bond acceptors (Lipinski definition) is 3. The van der Waals surface area contributed by atoms with Gasteiger partial charge in [-0.1, -0.05) is 25.7 Å². The lowest BCUT2D eigenvalue weighted by Crippen LogP contribution is -1.97. The molecule has 0 amide bonds. The first-order valence-corrected chi connectivity index (χ1v) is 7.47. The van der Waals surface area contributed by atoms with Crippen LogP contribution in [0.4, 0.5) is 0 Å². The van der Waals surface area contributed by atoms with Gasteiger partial charge in [-0.3, -0.25) is 0 Å². The number of ether oxygens (including phenoxy) is 1. The van der Waals surface area contributed by atoms with Crippen molar-refractivity contribution in [2.75, 3.05) is 24.7 Å². The predicted octanol–water partition coefficient (Wildman–Crippen LogP) is 3.98. The summed E-state index contributed by atoms with van der Waals surface area (Å²) in [6, 6.07) is 0. The van der Waals surface area contributed by atoms with Crippen LogP contribution in [-0.4, -0.2) is 24.7 Å². The van der Waals surface area contributed by atoms with Crippen molar-refractivity contribution in [3.05, 3.63) is 0 Å². The van der Waals surface area contributed by atoms with Gasteiger partial charge in [-0.2, -0.15) is 25.3 Å². The number of hydrogen-bond donors (Lipinski definition) is 2. The lowest BCUT2D eigenvalue weighted by Gasteiger charge is -2.03. The van der Waals surface area contributed by atoms with Crippen molar-refractivity contribution in [3.8, 4) is 0 Å². The minimum absolute atomic E-state index is 0.944. The summed E-state index contributed by atoms with van der Waals surface area (Å²) in [7, 11) is 0. The molecule has 0 aliphatic heterocycles. The molecule has 92 valence electrons. The number of unbranched alkanes of at least 4 members (excludes halogenated alkanes) is 6. The minimum atomic E-state index is 0.944. The maximum atomic E-state index is 5.56. The van der Waals surface area contributed by atoms with Gasteiger partial charge in [0.2, 0.25) is 0 Å². The van der Waals surface area contributed by atoms with Gasteiger partial charge in [0.15, 0.2) is 0 Å². The number of thiol groups is 2. The smallest absolute Gasteiger partial charge is 0.0466 e. The van der Waals surface area contributed by atoms with Crippen LogP contribution in [0, 0.1) is 0 Å². The second-order valence-corrected chi connectivity index (χ2v) is 4.78. The van der Waals surface area contributed by atoms with Gasteiger partial charge in [-0.15, -0.1) is 0 Å². The molecule has 0 aromatic carbocycles. The van der Waals surface area contributed by atoms with E-state index in [1.165, 1.54) is 51.4 Å². The predicted molar refractivity (Wildman–Crippen MR) is 75.5 cm³/mol. The molecule has 0 spiro atoms. The van der Waals surface area contributed by atoms with E-state index in [0.717, 1.165) is 24.7 Å². The van der Waals surface area contributed by atoms with E-state index in [1.54, 1.807) is 0 Å². The normalized spacial score (nSPS) is 10.8. The van der Waals surface area contributed by atoms with Gasteiger partial charge in [-0.25, -0.2) is 0 Å². The van der Waals surface area contributed by atoms with Crippen molar-refractivity contribution in [1.82, 2.24) is 0 Å². The van der Waals surface area contributed by atoms with Crippen LogP contribution >= 0.6 is 25.3 Å². The summed E-state index contributed by atoms with van der Waals surface area (Å²) in [6.07, 6.45) is 10.1. The fraction of sp³-hybridized carbons (Fsp3) is 1.00. The molecule has 0 aliphatic carbocycles. The van der Waals surface area contributed by atoms with Crippen LogP contribution in [-0.2, 0) is 4.74 Å². The van der Waals surface area contributed by atoms with Crippen LogP contribution in [0.5, 0.6) is 0 Å². The molecule has 0 unspecified atom stereocenters. The van der Waals surface area contributed by atoms with Crippen LogP contribution in [0.15, 0.2) is 0 Å². The molecule has 0 aliphatic rings. The first-order chi connectivity index (χ1) is 7.41. The third-order valence-electron chi connectivity index (χ3n) is 2.39. The van der Waals surface area contributed by atoms with E-state index in [0.29, 0.717) is 0 Å².